The Hall–Kier alpha value is -5.79. The molecule has 5 aromatic rings. The Morgan fingerprint density at radius 1 is 0.904 bits per heavy atom. The normalized spacial score (nSPS) is 23.9. The lowest BCUT2D eigenvalue weighted by molar-refractivity contribution is -0.129. The molecule has 73 heavy (non-hydrogen) atoms. The van der Waals surface area contributed by atoms with Crippen LogP contribution in [0.1, 0.15) is 131 Å². The number of amides is 1. The summed E-state index contributed by atoms with van der Waals surface area (Å²) in [6.07, 6.45) is 15.5. The van der Waals surface area contributed by atoms with Gasteiger partial charge in [-0.3, -0.25) is 19.1 Å². The number of fused-ring (bicyclic) bond motifs is 2. The number of alkyl halides is 2. The molecule has 12 rings (SSSR count). The van der Waals surface area contributed by atoms with E-state index in [9.17, 15) is 18.8 Å². The van der Waals surface area contributed by atoms with E-state index in [0.717, 1.165) is 157 Å². The molecule has 2 aromatic carbocycles. The molecule has 384 valence electrons. The van der Waals surface area contributed by atoms with E-state index in [1.807, 2.05) is 35.2 Å². The van der Waals surface area contributed by atoms with E-state index in [1.54, 1.807) is 37.1 Å². The second-order valence-electron chi connectivity index (χ2n) is 22.8. The van der Waals surface area contributed by atoms with E-state index in [0.29, 0.717) is 64.7 Å². The van der Waals surface area contributed by atoms with Crippen LogP contribution in [0.25, 0.3) is 11.1 Å². The van der Waals surface area contributed by atoms with Crippen LogP contribution in [0.3, 0.4) is 0 Å². The van der Waals surface area contributed by atoms with Crippen molar-refractivity contribution in [2.75, 3.05) is 60.5 Å². The molecule has 2 aliphatic carbocycles. The number of aromatic nitrogens is 6. The van der Waals surface area contributed by atoms with Gasteiger partial charge >= 0.3 is 0 Å². The highest BCUT2D eigenvalue weighted by Crippen LogP contribution is 2.51. The molecule has 14 nitrogen and oxygen atoms in total. The molecule has 7 aliphatic rings. The SMILES string of the molecule is CC(=O)N1CCc2c(c(N3CCCc4cc(-c5cnn(C)c5)c(C(F)F)cc43)nn2C2CCC3(CC2)CN(C2CCC(Oc4ccc(N5CCC6(CC5)C[C@H](C)N(c5ccc(C#N)c(Cl)c5)C6)nn4)CC2)C3)C1. The highest BCUT2D eigenvalue weighted by atomic mass is 35.5. The monoisotopic (exact) mass is 1010 g/mol. The van der Waals surface area contributed by atoms with Gasteiger partial charge < -0.3 is 24.3 Å². The highest BCUT2D eigenvalue weighted by Gasteiger charge is 2.49. The molecular formula is C56H67ClF2N12O2. The number of carbonyl (C=O) groups is 1. The van der Waals surface area contributed by atoms with E-state index in [2.05, 4.69) is 58.6 Å². The molecule has 1 atom stereocenters. The first kappa shape index (κ1) is 48.2. The maximum atomic E-state index is 14.8. The molecule has 5 fully saturated rings. The van der Waals surface area contributed by atoms with Crippen LogP contribution in [-0.4, -0.2) is 109 Å². The third-order valence-electron chi connectivity index (χ3n) is 18.2. The second-order valence-corrected chi connectivity index (χ2v) is 23.2. The molecule has 0 radical (unpaired) electrons. The first-order chi connectivity index (χ1) is 35.3. The molecule has 8 heterocycles. The summed E-state index contributed by atoms with van der Waals surface area (Å²) < 4.78 is 40.0. The van der Waals surface area contributed by atoms with Crippen molar-refractivity contribution in [3.05, 3.63) is 87.8 Å². The molecule has 1 amide bonds. The molecule has 5 aliphatic heterocycles. The highest BCUT2D eigenvalue weighted by molar-refractivity contribution is 6.32. The Morgan fingerprint density at radius 2 is 1.70 bits per heavy atom. The lowest BCUT2D eigenvalue weighted by Gasteiger charge is -2.57. The molecule has 2 spiro atoms. The number of aryl methyl sites for hydroxylation is 2. The van der Waals surface area contributed by atoms with Crippen molar-refractivity contribution < 1.29 is 18.3 Å². The van der Waals surface area contributed by atoms with Crippen LogP contribution in [0.2, 0.25) is 5.02 Å². The Bertz CT molecular complexity index is 2900. The fraction of sp³-hybridized carbons (Fsp3) is 0.571. The number of piperidine rings is 1. The Morgan fingerprint density at radius 3 is 2.38 bits per heavy atom. The lowest BCUT2D eigenvalue weighted by atomic mass is 9.66. The van der Waals surface area contributed by atoms with Gasteiger partial charge in [-0.15, -0.1) is 10.2 Å². The number of anilines is 4. The summed E-state index contributed by atoms with van der Waals surface area (Å²) >= 11 is 6.41. The summed E-state index contributed by atoms with van der Waals surface area (Å²) in [5.74, 6) is 2.39. The minimum absolute atomic E-state index is 0.00575. The van der Waals surface area contributed by atoms with Gasteiger partial charge in [-0.25, -0.2) is 8.78 Å². The van der Waals surface area contributed by atoms with E-state index in [1.165, 1.54) is 5.69 Å². The molecule has 3 saturated heterocycles. The van der Waals surface area contributed by atoms with Crippen molar-refractivity contribution in [2.45, 2.75) is 141 Å². The van der Waals surface area contributed by atoms with Crippen LogP contribution in [0.5, 0.6) is 5.88 Å². The fourth-order valence-corrected chi connectivity index (χ4v) is 14.4. The number of halogens is 3. The molecule has 2 saturated carbocycles. The third-order valence-corrected chi connectivity index (χ3v) is 18.5. The minimum atomic E-state index is -2.64. The average molecular weight is 1010 g/mol. The van der Waals surface area contributed by atoms with Gasteiger partial charge in [0.25, 0.3) is 6.43 Å². The summed E-state index contributed by atoms with van der Waals surface area (Å²) in [6.45, 7) is 10.9. The van der Waals surface area contributed by atoms with Crippen LogP contribution < -0.4 is 19.4 Å². The third kappa shape index (κ3) is 9.10. The quantitative estimate of drug-likeness (QED) is 0.140. The summed E-state index contributed by atoms with van der Waals surface area (Å²) in [5, 5.41) is 28.8. The van der Waals surface area contributed by atoms with Crippen LogP contribution >= 0.6 is 11.6 Å². The smallest absolute Gasteiger partial charge is 0.264 e. The molecule has 17 heteroatoms. The van der Waals surface area contributed by atoms with Crippen molar-refractivity contribution >= 4 is 40.5 Å². The van der Waals surface area contributed by atoms with Crippen LogP contribution in [-0.2, 0) is 31.2 Å². The van der Waals surface area contributed by atoms with Crippen LogP contribution in [0, 0.1) is 22.2 Å². The van der Waals surface area contributed by atoms with Gasteiger partial charge in [0.15, 0.2) is 11.6 Å². The van der Waals surface area contributed by atoms with E-state index < -0.39 is 6.43 Å². The molecule has 3 aromatic heterocycles. The van der Waals surface area contributed by atoms with Crippen molar-refractivity contribution in [2.24, 2.45) is 17.9 Å². The van der Waals surface area contributed by atoms with Crippen molar-refractivity contribution in [1.82, 2.24) is 39.6 Å². The lowest BCUT2D eigenvalue weighted by Crippen LogP contribution is -2.61. The number of hydrogen-bond donors (Lipinski definition) is 0. The van der Waals surface area contributed by atoms with Crippen molar-refractivity contribution in [1.29, 1.82) is 5.26 Å². The standard InChI is InChI=1S/C56H67ClF2N12O2/c1-36-28-55(35-70(36)43-7-6-39(29-60)48(57)26-43)19-23-66(24-20-55)51-12-13-52(63-62-51)73-44-10-8-41(9-11-44)68-33-56(34-68)17-14-42(15-18-56)71-49-16-22-67(37(2)72)32-47(49)54(64-71)69-21-4-5-38-25-45(40-30-61-65(3)31-40)46(53(58)59)27-50(38)69/h6-7,12-13,25-27,30-31,36,41-42,44,53H,4-5,8-11,14-24,28,32-35H2,1-3H3/t36-,41?,44?/m0/s1. The summed E-state index contributed by atoms with van der Waals surface area (Å²) in [7, 11) is 1.80. The van der Waals surface area contributed by atoms with Crippen LogP contribution in [0.15, 0.2) is 54.9 Å². The van der Waals surface area contributed by atoms with Gasteiger partial charge in [0.05, 0.1) is 29.4 Å². The predicted molar refractivity (Wildman–Crippen MR) is 278 cm³/mol. The van der Waals surface area contributed by atoms with Crippen molar-refractivity contribution in [3.63, 3.8) is 0 Å². The maximum Gasteiger partial charge on any atom is 0.264 e. The van der Waals surface area contributed by atoms with Crippen molar-refractivity contribution in [3.8, 4) is 23.1 Å². The number of rotatable bonds is 9. The molecular weight excluding hydrogens is 946 g/mol. The minimum Gasteiger partial charge on any atom is -0.473 e. The number of hydrogen-bond acceptors (Lipinski definition) is 11. The van der Waals surface area contributed by atoms with Gasteiger partial charge in [-0.05, 0) is 149 Å². The largest absolute Gasteiger partial charge is 0.473 e. The molecule has 0 N–H and O–H groups in total. The maximum absolute atomic E-state index is 14.8. The van der Waals surface area contributed by atoms with Crippen LogP contribution in [0.4, 0.5) is 31.8 Å². The average Bonchev–Trinajstić information content (AvgIpc) is 4.10. The van der Waals surface area contributed by atoms with Gasteiger partial charge in [0.1, 0.15) is 12.2 Å². The predicted octanol–water partition coefficient (Wildman–Crippen LogP) is 10.2. The van der Waals surface area contributed by atoms with E-state index in [-0.39, 0.29) is 29.0 Å². The number of nitrogens with zero attached hydrogens (tertiary/aromatic N) is 12. The first-order valence-electron chi connectivity index (χ1n) is 26.9. The summed E-state index contributed by atoms with van der Waals surface area (Å²) in [5.41, 5.74) is 7.54. The van der Waals surface area contributed by atoms with E-state index >= 15 is 0 Å². The van der Waals surface area contributed by atoms with Gasteiger partial charge in [0.2, 0.25) is 11.8 Å². The van der Waals surface area contributed by atoms with Gasteiger partial charge in [-0.1, -0.05) is 11.6 Å². The van der Waals surface area contributed by atoms with Gasteiger partial charge in [-0.2, -0.15) is 15.5 Å². The Labute approximate surface area is 432 Å². The number of ether oxygens (including phenoxy) is 1. The Balaban J connectivity index is 0.636. The number of nitriles is 1. The van der Waals surface area contributed by atoms with Gasteiger partial charge in [0, 0.05) is 124 Å². The Kier molecular flexibility index (Phi) is 12.6. The zero-order chi connectivity index (χ0) is 50.2. The number of likely N-dealkylation sites (tertiary alicyclic amines) is 1. The topological polar surface area (TPSA) is 128 Å². The zero-order valence-corrected chi connectivity index (χ0v) is 43.2. The summed E-state index contributed by atoms with van der Waals surface area (Å²) in [4.78, 5) is 24.4. The number of benzene rings is 2. The zero-order valence-electron chi connectivity index (χ0n) is 42.5. The van der Waals surface area contributed by atoms with E-state index in [4.69, 9.17) is 21.4 Å². The number of carbonyl (C=O) groups excluding carboxylic acids is 1. The first-order valence-corrected chi connectivity index (χ1v) is 27.2. The fourth-order valence-electron chi connectivity index (χ4n) is 14.2. The molecule has 0 bridgehead atoms. The molecule has 0 unspecified atom stereocenters. The second kappa shape index (κ2) is 19.2. The summed E-state index contributed by atoms with van der Waals surface area (Å²) in [6, 6.07) is 16.9.